The molecule has 694 valence electrons. The van der Waals surface area contributed by atoms with Crippen molar-refractivity contribution in [1.82, 2.24) is 49.6 Å². The number of halogens is 5. The number of carbonyl (C=O) groups excluding carboxylic acids is 2. The number of aryl methyl sites for hydroxylation is 6. The van der Waals surface area contributed by atoms with E-state index in [2.05, 4.69) is 90.7 Å². The number of esters is 2. The average molecular weight is 1990 g/mol. The van der Waals surface area contributed by atoms with Gasteiger partial charge in [0.05, 0.1) is 95.5 Å². The molecule has 3 atom stereocenters. The van der Waals surface area contributed by atoms with E-state index < -0.39 is 53.0 Å². The lowest BCUT2D eigenvalue weighted by atomic mass is 9.91. The van der Waals surface area contributed by atoms with Crippen molar-refractivity contribution in [2.45, 2.75) is 150 Å². The molecule has 3 aliphatic rings. The van der Waals surface area contributed by atoms with Crippen LogP contribution in [0.25, 0.3) is 128 Å². The zero-order valence-electron chi connectivity index (χ0n) is 77.5. The smallest absolute Gasteiger partial charge is 0.339 e. The van der Waals surface area contributed by atoms with Gasteiger partial charge in [0.1, 0.15) is 19.6 Å². The first kappa shape index (κ1) is 98.4. The molecule has 9 aromatic carbocycles. The highest BCUT2D eigenvalue weighted by Crippen LogP contribution is 2.51. The Hall–Kier alpha value is -9.57. The Morgan fingerprint density at radius 3 is 1.03 bits per heavy atom. The minimum Gasteiger partial charge on any atom is -0.479 e. The maximum absolute atomic E-state index is 13.5. The van der Waals surface area contributed by atoms with Gasteiger partial charge >= 0.3 is 17.9 Å². The topological polar surface area (TPSA) is 256 Å². The van der Waals surface area contributed by atoms with Gasteiger partial charge in [-0.2, -0.15) is 15.3 Å². The number of hydrogen-bond donors (Lipinski definition) is 2. The van der Waals surface area contributed by atoms with Crippen molar-refractivity contribution in [1.29, 1.82) is 0 Å². The van der Waals surface area contributed by atoms with Crippen molar-refractivity contribution in [2.75, 3.05) is 83.6 Å². The summed E-state index contributed by atoms with van der Waals surface area (Å²) in [4.78, 5) is 59.1. The van der Waals surface area contributed by atoms with Crippen LogP contribution in [0.15, 0.2) is 150 Å². The molecular weight excluding hydrogens is 1880 g/mol. The number of fused-ring (bicyclic) bond motifs is 6. The van der Waals surface area contributed by atoms with E-state index in [4.69, 9.17) is 97.8 Å². The van der Waals surface area contributed by atoms with Crippen molar-refractivity contribution in [2.24, 2.45) is 21.1 Å². The van der Waals surface area contributed by atoms with Crippen LogP contribution in [0.3, 0.4) is 0 Å². The molecule has 6 aromatic heterocycles. The number of methoxy groups -OCH3 is 3. The SMILES string of the molecule is CCOC(=O)[C@@H](OC(C)(C)C)c1c(C)cc2nc(-c3ccc4c(c3)c(Br)nn4C)sc2c1-c1ccc(Cl)cc1.CCOC(=O)[C@@H](OC(C)(C)C)c1c(C)cc2nc(-c3ccc4c(c3)c(N3CC(OC)C3)nn4C)sc2c1-c1ccc(Cl)cc1.COC1CN(c2nn(C)c3ccc(-c4nc5cc(C)c([C@H](OC(C)(C)C)C(=O)O)c(-c6ccc(Cl)cc6)c5s4)cc23)C1.COC1CNC1.Cl. The van der Waals surface area contributed by atoms with Crippen molar-refractivity contribution in [3.63, 3.8) is 0 Å². The number of carboxylic acids is 1. The Kier molecular flexibility index (Phi) is 30.2. The number of hydrogen-bond acceptors (Lipinski definition) is 23. The highest BCUT2D eigenvalue weighted by Gasteiger charge is 2.39. The minimum absolute atomic E-state index is 0. The first-order chi connectivity index (χ1) is 62.3. The molecule has 0 bridgehead atoms. The molecule has 24 nitrogen and oxygen atoms in total. The maximum Gasteiger partial charge on any atom is 0.339 e. The summed E-state index contributed by atoms with van der Waals surface area (Å²) in [7, 11) is 11.1. The van der Waals surface area contributed by atoms with Crippen LogP contribution in [-0.2, 0) is 73.4 Å². The molecule has 18 rings (SSSR count). The normalized spacial score (nSPS) is 14.5. The molecule has 3 fully saturated rings. The molecule has 15 aromatic rings. The van der Waals surface area contributed by atoms with E-state index >= 15 is 0 Å². The molecule has 32 heteroatoms. The Balaban J connectivity index is 0.000000154. The van der Waals surface area contributed by atoms with E-state index in [1.54, 1.807) is 69.2 Å². The van der Waals surface area contributed by atoms with E-state index in [0.717, 1.165) is 212 Å². The molecular formula is C100H109BrCl4N12O12S3. The fourth-order valence-electron chi connectivity index (χ4n) is 16.4. The van der Waals surface area contributed by atoms with Gasteiger partial charge in [-0.05, 0) is 255 Å². The summed E-state index contributed by atoms with van der Waals surface area (Å²) in [5.74, 6) is 0.0223. The number of thiazole rings is 3. The summed E-state index contributed by atoms with van der Waals surface area (Å²) >= 11 is 27.1. The third-order valence-corrected chi connectivity index (χ3v) is 27.6. The Morgan fingerprint density at radius 1 is 0.447 bits per heavy atom. The second-order valence-electron chi connectivity index (χ2n) is 35.8. The third kappa shape index (κ3) is 21.2. The van der Waals surface area contributed by atoms with Gasteiger partial charge < -0.3 is 58.1 Å². The van der Waals surface area contributed by atoms with Crippen LogP contribution in [0.2, 0.25) is 15.1 Å². The first-order valence-corrected chi connectivity index (χ1v) is 47.7. The number of anilines is 2. The summed E-state index contributed by atoms with van der Waals surface area (Å²) < 4.78 is 55.2. The second kappa shape index (κ2) is 40.5. The number of nitrogens with one attached hydrogen (secondary N) is 1. The third-order valence-electron chi connectivity index (χ3n) is 22.9. The maximum atomic E-state index is 13.5. The highest BCUT2D eigenvalue weighted by molar-refractivity contribution is 9.10. The molecule has 3 saturated heterocycles. The van der Waals surface area contributed by atoms with Crippen molar-refractivity contribution in [3.8, 4) is 65.1 Å². The second-order valence-corrected chi connectivity index (χ2v) is 40.8. The van der Waals surface area contributed by atoms with Crippen LogP contribution in [0.4, 0.5) is 11.6 Å². The van der Waals surface area contributed by atoms with Gasteiger partial charge in [-0.3, -0.25) is 14.0 Å². The molecule has 9 heterocycles. The summed E-state index contributed by atoms with van der Waals surface area (Å²) in [6.07, 6.45) is -2.04. The number of benzene rings is 9. The van der Waals surface area contributed by atoms with E-state index in [0.29, 0.717) is 26.7 Å². The van der Waals surface area contributed by atoms with Gasteiger partial charge in [0.15, 0.2) is 29.9 Å². The quantitative estimate of drug-likeness (QED) is 0.0598. The standard InChI is InChI=1S/C34H37ClN4O4S.C32H33ClN4O4S.C30H29BrClN3O3S.C4H9NO.ClH/c1-8-42-33(40)29(43-34(3,4)5)27-19(2)15-25-30(28(27)20-9-12-22(35)13-10-20)44-32(36-25)21-11-14-26-24(16-21)31(37-38(26)6)39-17-23(18-39)41-7;1-17-13-23-28(26(18-7-10-20(33)11-8-18)25(17)27(31(38)39)41-32(2,3)4)42-30(34-23)19-9-12-24-22(14-19)29(35-36(24)5)37-15-21(16-37)40-6;1-7-37-29(36)25(38-30(3,4)5)23-16(2)14-21-26(24(23)17-8-11-19(32)12-9-17)39-28(33-21)18-10-13-22-20(15-18)27(31)34-35(22)6;1-6-4-2-5-3-4;/h9-16,23,29H,8,17-18H2,1-7H3;7-14,21,27H,15-16H2,1-6H3,(H,38,39);8-15,25H,7H2,1-6H3;4-5H,2-3H2,1H3;1H/t29-;27-;25-;;/m000../s1. The number of carboxylic acid groups (broad SMARTS) is 1. The van der Waals surface area contributed by atoms with Crippen LogP contribution in [0.1, 0.15) is 128 Å². The predicted octanol–water partition coefficient (Wildman–Crippen LogP) is 23.7. The number of ether oxygens (including phenoxy) is 8. The zero-order valence-corrected chi connectivity index (χ0v) is 84.6. The van der Waals surface area contributed by atoms with Crippen LogP contribution < -0.4 is 15.1 Å². The van der Waals surface area contributed by atoms with E-state index in [-0.39, 0.29) is 37.8 Å². The van der Waals surface area contributed by atoms with E-state index in [1.807, 2.05) is 209 Å². The molecule has 2 N–H and O–H groups in total. The Bertz CT molecular complexity index is 6780. The van der Waals surface area contributed by atoms with Crippen LogP contribution >= 0.6 is 97.2 Å². The first-order valence-electron chi connectivity index (χ1n) is 43.4. The fraction of sp³-hybridized carbons (Fsp3) is 0.370. The van der Waals surface area contributed by atoms with Gasteiger partial charge in [-0.25, -0.2) is 29.3 Å². The van der Waals surface area contributed by atoms with Gasteiger partial charge in [-0.1, -0.05) is 71.2 Å². The summed E-state index contributed by atoms with van der Waals surface area (Å²) in [5, 5.41) is 35.2. The van der Waals surface area contributed by atoms with E-state index in [1.165, 1.54) is 0 Å². The summed E-state index contributed by atoms with van der Waals surface area (Å²) in [6, 6.07) is 47.7. The Labute approximate surface area is 809 Å². The minimum atomic E-state index is -1.16. The number of rotatable bonds is 22. The Morgan fingerprint density at radius 2 is 0.742 bits per heavy atom. The molecule has 0 unspecified atom stereocenters. The van der Waals surface area contributed by atoms with Crippen molar-refractivity contribution in [3.05, 3.63) is 199 Å². The lowest BCUT2D eigenvalue weighted by Gasteiger charge is -2.38. The van der Waals surface area contributed by atoms with Gasteiger partial charge in [-0.15, -0.1) is 46.4 Å². The molecule has 0 spiro atoms. The van der Waals surface area contributed by atoms with Gasteiger partial charge in [0.25, 0.3) is 0 Å². The molecule has 0 amide bonds. The van der Waals surface area contributed by atoms with Crippen LogP contribution in [0, 0.1) is 20.8 Å². The zero-order chi connectivity index (χ0) is 93.7. The van der Waals surface area contributed by atoms with Crippen LogP contribution in [0.5, 0.6) is 0 Å². The van der Waals surface area contributed by atoms with Crippen LogP contribution in [-0.4, -0.2) is 176 Å². The number of carbonyl (C=O) groups is 3. The predicted molar refractivity (Wildman–Crippen MR) is 540 cm³/mol. The summed E-state index contributed by atoms with van der Waals surface area (Å²) in [6.45, 7) is 32.6. The lowest BCUT2D eigenvalue weighted by Crippen LogP contribution is -2.52. The number of aliphatic carboxylic acids is 1. The largest absolute Gasteiger partial charge is 0.479 e. The molecule has 0 radical (unpaired) electrons. The molecule has 132 heavy (non-hydrogen) atoms. The number of nitrogens with zero attached hydrogens (tertiary/aromatic N) is 11. The monoisotopic (exact) mass is 1980 g/mol. The van der Waals surface area contributed by atoms with Gasteiger partial charge in [0, 0.05) is 163 Å². The van der Waals surface area contributed by atoms with Gasteiger partial charge in [0.2, 0.25) is 0 Å². The van der Waals surface area contributed by atoms with Crippen molar-refractivity contribution >= 4 is 190 Å². The number of aromatic nitrogens is 9. The lowest BCUT2D eigenvalue weighted by molar-refractivity contribution is -0.167. The molecule has 0 aliphatic carbocycles. The highest BCUT2D eigenvalue weighted by atomic mass is 79.9. The fourth-order valence-corrected chi connectivity index (χ4v) is 20.7. The molecule has 3 aliphatic heterocycles. The van der Waals surface area contributed by atoms with Crippen molar-refractivity contribution < 1.29 is 57.4 Å². The summed E-state index contributed by atoms with van der Waals surface area (Å²) in [5.41, 5.74) is 16.9. The molecule has 0 saturated carbocycles. The average Bonchev–Trinajstić information content (AvgIpc) is 1.59. The van der Waals surface area contributed by atoms with E-state index in [9.17, 15) is 19.5 Å².